The van der Waals surface area contributed by atoms with E-state index in [0.29, 0.717) is 5.52 Å². The molecule has 1 aromatic heterocycles. The summed E-state index contributed by atoms with van der Waals surface area (Å²) >= 11 is 0. The Morgan fingerprint density at radius 2 is 1.75 bits per heavy atom. The fourth-order valence-electron chi connectivity index (χ4n) is 2.57. The Kier molecular flexibility index (Phi) is 4.30. The third-order valence-corrected chi connectivity index (χ3v) is 5.53. The molecule has 2 aromatic carbocycles. The van der Waals surface area contributed by atoms with Gasteiger partial charge in [0.05, 0.1) is 16.5 Å². The number of aliphatic hydroxyl groups excluding tert-OH is 1. The topological polar surface area (TPSA) is 59.3 Å². The number of aliphatic hydroxyl groups is 1. The van der Waals surface area contributed by atoms with Crippen LogP contribution in [0.2, 0.25) is 0 Å². The summed E-state index contributed by atoms with van der Waals surface area (Å²) in [5.41, 5.74) is 2.37. The highest BCUT2D eigenvalue weighted by Gasteiger charge is 2.20. The van der Waals surface area contributed by atoms with E-state index in [-0.39, 0.29) is 4.90 Å². The van der Waals surface area contributed by atoms with E-state index in [9.17, 15) is 13.5 Å². The molecule has 3 rings (SSSR count). The van der Waals surface area contributed by atoms with Gasteiger partial charge in [-0.1, -0.05) is 48.0 Å². The molecule has 1 N–H and O–H groups in total. The molecule has 0 radical (unpaired) electrons. The van der Waals surface area contributed by atoms with Crippen molar-refractivity contribution in [2.45, 2.75) is 24.8 Å². The molecule has 0 fully saturated rings. The maximum Gasteiger partial charge on any atom is 0.268 e. The summed E-state index contributed by atoms with van der Waals surface area (Å²) in [6, 6.07) is 14.1. The standard InChI is InChI=1S/C19H19NO3S/c1-14-7-11-17(12-8-14)24(22,23)20-13-16(10-9-15(2)21)18-5-3-4-6-19(18)20/h3-13,15,21H,1-2H3/b10-9+. The van der Waals surface area contributed by atoms with E-state index in [0.717, 1.165) is 16.5 Å². The lowest BCUT2D eigenvalue weighted by Gasteiger charge is -2.07. The van der Waals surface area contributed by atoms with Crippen molar-refractivity contribution >= 4 is 27.0 Å². The maximum atomic E-state index is 13.0. The Bertz CT molecular complexity index is 997. The molecule has 0 amide bonds. The number of benzene rings is 2. The van der Waals surface area contributed by atoms with Crippen LogP contribution in [0.4, 0.5) is 0 Å². The SMILES string of the molecule is Cc1ccc(S(=O)(=O)n2cc(/C=C/C(C)O)c3ccccc32)cc1. The van der Waals surface area contributed by atoms with Crippen molar-refractivity contribution in [2.24, 2.45) is 0 Å². The van der Waals surface area contributed by atoms with Gasteiger partial charge in [0.2, 0.25) is 0 Å². The van der Waals surface area contributed by atoms with Crippen LogP contribution in [-0.2, 0) is 10.0 Å². The van der Waals surface area contributed by atoms with Crippen LogP contribution in [0.15, 0.2) is 65.7 Å². The molecule has 0 spiro atoms. The number of hydrogen-bond acceptors (Lipinski definition) is 3. The molecule has 3 aromatic rings. The summed E-state index contributed by atoms with van der Waals surface area (Å²) in [4.78, 5) is 0.250. The van der Waals surface area contributed by atoms with Crippen LogP contribution in [0.3, 0.4) is 0 Å². The van der Waals surface area contributed by atoms with Gasteiger partial charge in [-0.3, -0.25) is 0 Å². The third-order valence-electron chi connectivity index (χ3n) is 3.84. The van der Waals surface area contributed by atoms with Crippen molar-refractivity contribution in [1.82, 2.24) is 3.97 Å². The molecule has 4 nitrogen and oxygen atoms in total. The lowest BCUT2D eigenvalue weighted by molar-refractivity contribution is 0.245. The van der Waals surface area contributed by atoms with E-state index < -0.39 is 16.1 Å². The minimum Gasteiger partial charge on any atom is -0.389 e. The number of aromatic nitrogens is 1. The van der Waals surface area contributed by atoms with Gasteiger partial charge < -0.3 is 5.11 Å². The molecule has 1 heterocycles. The Morgan fingerprint density at radius 1 is 1.08 bits per heavy atom. The van der Waals surface area contributed by atoms with Crippen LogP contribution in [-0.4, -0.2) is 23.6 Å². The summed E-state index contributed by atoms with van der Waals surface area (Å²) in [5.74, 6) is 0. The van der Waals surface area contributed by atoms with Crippen LogP contribution in [0.1, 0.15) is 18.1 Å². The average Bonchev–Trinajstić information content (AvgIpc) is 2.93. The summed E-state index contributed by atoms with van der Waals surface area (Å²) < 4.78 is 27.3. The van der Waals surface area contributed by atoms with Gasteiger partial charge in [0.1, 0.15) is 0 Å². The minimum absolute atomic E-state index is 0.250. The number of aryl methyl sites for hydroxylation is 1. The quantitative estimate of drug-likeness (QED) is 0.789. The number of rotatable bonds is 4. The number of fused-ring (bicyclic) bond motifs is 1. The largest absolute Gasteiger partial charge is 0.389 e. The van der Waals surface area contributed by atoms with E-state index >= 15 is 0 Å². The Morgan fingerprint density at radius 3 is 2.42 bits per heavy atom. The minimum atomic E-state index is -3.68. The number of para-hydroxylation sites is 1. The molecule has 0 bridgehead atoms. The van der Waals surface area contributed by atoms with Crippen LogP contribution in [0.25, 0.3) is 17.0 Å². The van der Waals surface area contributed by atoms with Gasteiger partial charge in [-0.25, -0.2) is 12.4 Å². The molecule has 0 saturated heterocycles. The molecule has 0 aliphatic carbocycles. The zero-order valence-corrected chi connectivity index (χ0v) is 14.4. The predicted octanol–water partition coefficient (Wildman–Crippen LogP) is 3.58. The maximum absolute atomic E-state index is 13.0. The normalized spacial score (nSPS) is 13.6. The molecule has 0 aliphatic heterocycles. The van der Waals surface area contributed by atoms with Crippen LogP contribution >= 0.6 is 0 Å². The van der Waals surface area contributed by atoms with Gasteiger partial charge in [0.15, 0.2) is 0 Å². The third kappa shape index (κ3) is 3.00. The van der Waals surface area contributed by atoms with E-state index in [4.69, 9.17) is 0 Å². The number of hydrogen-bond donors (Lipinski definition) is 1. The van der Waals surface area contributed by atoms with Crippen molar-refractivity contribution in [3.63, 3.8) is 0 Å². The van der Waals surface area contributed by atoms with Gasteiger partial charge in [0, 0.05) is 17.1 Å². The zero-order chi connectivity index (χ0) is 17.3. The first-order chi connectivity index (χ1) is 11.4. The Balaban J connectivity index is 2.21. The van der Waals surface area contributed by atoms with Gasteiger partial charge in [-0.05, 0) is 32.0 Å². The number of nitrogens with zero attached hydrogens (tertiary/aromatic N) is 1. The fraction of sp³-hybridized carbons (Fsp3) is 0.158. The van der Waals surface area contributed by atoms with Gasteiger partial charge >= 0.3 is 0 Å². The van der Waals surface area contributed by atoms with Gasteiger partial charge in [0.25, 0.3) is 10.0 Å². The zero-order valence-electron chi connectivity index (χ0n) is 13.5. The van der Waals surface area contributed by atoms with Crippen LogP contribution < -0.4 is 0 Å². The highest BCUT2D eigenvalue weighted by atomic mass is 32.2. The summed E-state index contributed by atoms with van der Waals surface area (Å²) in [5, 5.41) is 10.3. The smallest absolute Gasteiger partial charge is 0.268 e. The molecule has 1 unspecified atom stereocenters. The fourth-order valence-corrected chi connectivity index (χ4v) is 3.95. The first kappa shape index (κ1) is 16.5. The second kappa shape index (κ2) is 6.26. The molecule has 0 saturated carbocycles. The predicted molar refractivity (Wildman–Crippen MR) is 96.4 cm³/mol. The van der Waals surface area contributed by atoms with Crippen molar-refractivity contribution in [1.29, 1.82) is 0 Å². The Hall–Kier alpha value is -2.37. The van der Waals surface area contributed by atoms with Crippen molar-refractivity contribution in [2.75, 3.05) is 0 Å². The molecule has 0 aliphatic rings. The molecule has 5 heteroatoms. The summed E-state index contributed by atoms with van der Waals surface area (Å²) in [7, 11) is -3.68. The van der Waals surface area contributed by atoms with E-state index in [1.807, 2.05) is 25.1 Å². The first-order valence-electron chi connectivity index (χ1n) is 7.68. The summed E-state index contributed by atoms with van der Waals surface area (Å²) in [6.07, 6.45) is 4.37. The molecule has 24 heavy (non-hydrogen) atoms. The second-order valence-corrected chi connectivity index (χ2v) is 7.63. The highest BCUT2D eigenvalue weighted by molar-refractivity contribution is 7.90. The van der Waals surface area contributed by atoms with Crippen LogP contribution in [0.5, 0.6) is 0 Å². The van der Waals surface area contributed by atoms with Gasteiger partial charge in [-0.2, -0.15) is 0 Å². The van der Waals surface area contributed by atoms with E-state index in [2.05, 4.69) is 0 Å². The van der Waals surface area contributed by atoms with E-state index in [1.54, 1.807) is 55.6 Å². The van der Waals surface area contributed by atoms with Crippen LogP contribution in [0, 0.1) is 6.92 Å². The average molecular weight is 341 g/mol. The van der Waals surface area contributed by atoms with Crippen molar-refractivity contribution < 1.29 is 13.5 Å². The lowest BCUT2D eigenvalue weighted by atomic mass is 10.1. The molecular formula is C19H19NO3S. The van der Waals surface area contributed by atoms with Crippen molar-refractivity contribution in [3.8, 4) is 0 Å². The highest BCUT2D eigenvalue weighted by Crippen LogP contribution is 2.27. The van der Waals surface area contributed by atoms with E-state index in [1.165, 1.54) is 3.97 Å². The first-order valence-corrected chi connectivity index (χ1v) is 9.12. The Labute approximate surface area is 141 Å². The van der Waals surface area contributed by atoms with Crippen molar-refractivity contribution in [3.05, 3.63) is 71.9 Å². The molecule has 1 atom stereocenters. The molecular weight excluding hydrogens is 322 g/mol. The summed E-state index contributed by atoms with van der Waals surface area (Å²) in [6.45, 7) is 3.57. The molecule has 124 valence electrons. The van der Waals surface area contributed by atoms with Gasteiger partial charge in [-0.15, -0.1) is 0 Å². The second-order valence-electron chi connectivity index (χ2n) is 5.82. The monoisotopic (exact) mass is 341 g/mol. The lowest BCUT2D eigenvalue weighted by Crippen LogP contribution is -2.11.